The molecule has 4 bridgehead atoms. The van der Waals surface area contributed by atoms with Crippen LogP contribution in [0.4, 0.5) is 15.6 Å². The van der Waals surface area contributed by atoms with Crippen molar-refractivity contribution in [2.24, 2.45) is 16.2 Å². The van der Waals surface area contributed by atoms with Crippen molar-refractivity contribution in [3.05, 3.63) is 77.7 Å². The van der Waals surface area contributed by atoms with Gasteiger partial charge in [-0.05, 0) is 110 Å². The Balaban J connectivity index is 0.999. The Morgan fingerprint density at radius 1 is 0.941 bits per heavy atom. The van der Waals surface area contributed by atoms with Crippen LogP contribution in [0.2, 0.25) is 0 Å². The number of urea groups is 1. The van der Waals surface area contributed by atoms with E-state index >= 15 is 0 Å². The number of thiazole rings is 1. The van der Waals surface area contributed by atoms with Crippen LogP contribution < -0.4 is 10.2 Å². The molecule has 2 amide bonds. The molecule has 3 N–H and O–H groups in total. The zero-order valence-electron chi connectivity index (χ0n) is 29.2. The van der Waals surface area contributed by atoms with E-state index in [4.69, 9.17) is 10.1 Å². The monoisotopic (exact) mass is 702 g/mol. The van der Waals surface area contributed by atoms with Gasteiger partial charge in [0.25, 0.3) is 0 Å². The summed E-state index contributed by atoms with van der Waals surface area (Å²) in [5.41, 5.74) is 5.66. The number of nitrogens with zero attached hydrogens (tertiary/aromatic N) is 5. The summed E-state index contributed by atoms with van der Waals surface area (Å²) in [6.07, 6.45) is 9.29. The zero-order chi connectivity index (χ0) is 35.3. The average molecular weight is 703 g/mol. The second-order valence-electron chi connectivity index (χ2n) is 16.6. The second-order valence-corrected chi connectivity index (χ2v) is 17.7. The minimum absolute atomic E-state index is 0.0373. The van der Waals surface area contributed by atoms with Crippen molar-refractivity contribution in [2.45, 2.75) is 84.3 Å². The van der Waals surface area contributed by atoms with Crippen LogP contribution >= 0.6 is 11.3 Å². The topological polar surface area (TPSA) is 133 Å². The number of carboxylic acids is 1. The number of aromatic carboxylic acids is 1. The van der Waals surface area contributed by atoms with Gasteiger partial charge < -0.3 is 10.2 Å². The molecule has 4 saturated carbocycles. The molecule has 3 aromatic heterocycles. The van der Waals surface area contributed by atoms with Crippen molar-refractivity contribution in [2.75, 3.05) is 16.8 Å². The van der Waals surface area contributed by atoms with Crippen molar-refractivity contribution in [3.8, 4) is 22.4 Å². The highest BCUT2D eigenvalue weighted by molar-refractivity contribution is 7.22. The first-order valence-corrected chi connectivity index (χ1v) is 18.7. The third kappa shape index (κ3) is 5.52. The van der Waals surface area contributed by atoms with E-state index in [0.29, 0.717) is 29.5 Å². The number of hydrogen-bond acceptors (Lipinski definition) is 7. The lowest BCUT2D eigenvalue weighted by molar-refractivity contribution is -0.229. The van der Waals surface area contributed by atoms with Gasteiger partial charge in [0.05, 0.1) is 27.7 Å². The van der Waals surface area contributed by atoms with E-state index in [9.17, 15) is 19.8 Å². The van der Waals surface area contributed by atoms with Gasteiger partial charge in [-0.15, -0.1) is 0 Å². The molecule has 2 unspecified atom stereocenters. The van der Waals surface area contributed by atoms with Crippen molar-refractivity contribution in [3.63, 3.8) is 0 Å². The Morgan fingerprint density at radius 2 is 1.73 bits per heavy atom. The van der Waals surface area contributed by atoms with Gasteiger partial charge in [0.2, 0.25) is 0 Å². The molecule has 51 heavy (non-hydrogen) atoms. The van der Waals surface area contributed by atoms with Crippen molar-refractivity contribution in [1.82, 2.24) is 19.7 Å². The first-order valence-electron chi connectivity index (χ1n) is 17.9. The first kappa shape index (κ1) is 32.3. The molecule has 5 aliphatic rings. The van der Waals surface area contributed by atoms with Crippen LogP contribution in [0.1, 0.15) is 80.5 Å². The number of hydrogen-bond donors (Lipinski definition) is 3. The van der Waals surface area contributed by atoms with Crippen LogP contribution in [0.25, 0.3) is 32.6 Å². The Kier molecular flexibility index (Phi) is 7.09. The summed E-state index contributed by atoms with van der Waals surface area (Å²) in [4.78, 5) is 37.3. The number of para-hydroxylation sites is 1. The fourth-order valence-electron chi connectivity index (χ4n) is 11.3. The summed E-state index contributed by atoms with van der Waals surface area (Å²) >= 11 is 1.44. The Hall–Kier alpha value is -4.61. The molecular formula is C40H42N6O4S. The molecule has 1 aliphatic heterocycles. The van der Waals surface area contributed by atoms with E-state index in [1.807, 2.05) is 66.2 Å². The van der Waals surface area contributed by atoms with E-state index in [1.165, 1.54) is 11.3 Å². The van der Waals surface area contributed by atoms with E-state index in [0.717, 1.165) is 89.7 Å². The highest BCUT2D eigenvalue weighted by Gasteiger charge is 2.65. The van der Waals surface area contributed by atoms with Crippen LogP contribution in [0.3, 0.4) is 0 Å². The van der Waals surface area contributed by atoms with E-state index in [1.54, 1.807) is 11.1 Å². The van der Waals surface area contributed by atoms with Gasteiger partial charge >= 0.3 is 12.0 Å². The molecule has 4 aliphatic carbocycles. The number of amides is 2. The zero-order valence-corrected chi connectivity index (χ0v) is 30.0. The third-order valence-electron chi connectivity index (χ3n) is 11.9. The Bertz CT molecular complexity index is 2170. The molecule has 2 atom stereocenters. The highest BCUT2D eigenvalue weighted by Crippen LogP contribution is 2.71. The molecule has 10 rings (SSSR count). The summed E-state index contributed by atoms with van der Waals surface area (Å²) in [5.74, 6) is -1.11. The number of aromatic nitrogens is 4. The summed E-state index contributed by atoms with van der Waals surface area (Å²) in [7, 11) is 0. The summed E-state index contributed by atoms with van der Waals surface area (Å²) in [6.45, 7) is 7.95. The van der Waals surface area contributed by atoms with E-state index < -0.39 is 11.6 Å². The normalized spacial score (nSPS) is 27.9. The van der Waals surface area contributed by atoms with Crippen LogP contribution in [0.15, 0.2) is 60.8 Å². The number of carbonyl (C=O) groups excluding carboxylic acids is 1. The molecule has 0 radical (unpaired) electrons. The molecule has 262 valence electrons. The standard InChI is InChI=1S/C40H42N6O4S/c1-24-28(16-41-46(24)23-39-18-37(2)17-38(3,19-39)21-40(50,20-37)22-39)27-12-13-29(42-33(27)34(47)48)26-11-10-25-7-6-14-45(31(25)15-26)36(49)44-35-43-30-8-4-5-9-32(30)51-35/h4-5,8-13,15-16,50H,6-7,14,17-23H2,1-3H3,(H,47,48)(H,43,44,49). The van der Waals surface area contributed by atoms with Crippen LogP contribution in [-0.4, -0.2) is 54.1 Å². The number of nitrogens with one attached hydrogen (secondary N) is 1. The number of pyridine rings is 1. The van der Waals surface area contributed by atoms with Crippen LogP contribution in [0.5, 0.6) is 0 Å². The minimum atomic E-state index is -1.11. The van der Waals surface area contributed by atoms with Gasteiger partial charge in [0.15, 0.2) is 10.8 Å². The van der Waals surface area contributed by atoms with Gasteiger partial charge in [-0.3, -0.25) is 14.9 Å². The van der Waals surface area contributed by atoms with Gasteiger partial charge in [-0.1, -0.05) is 49.4 Å². The fourth-order valence-corrected chi connectivity index (χ4v) is 12.1. The number of anilines is 2. The number of benzene rings is 2. The minimum Gasteiger partial charge on any atom is -0.476 e. The molecule has 4 fully saturated rings. The molecular weight excluding hydrogens is 661 g/mol. The van der Waals surface area contributed by atoms with Crippen molar-refractivity contribution >= 4 is 44.4 Å². The number of fused-ring (bicyclic) bond motifs is 2. The third-order valence-corrected chi connectivity index (χ3v) is 12.9. The van der Waals surface area contributed by atoms with Gasteiger partial charge in [0, 0.05) is 41.2 Å². The maximum atomic E-state index is 13.6. The van der Waals surface area contributed by atoms with Crippen molar-refractivity contribution < 1.29 is 19.8 Å². The number of aliphatic hydroxyl groups is 1. The number of rotatable bonds is 6. The quantitative estimate of drug-likeness (QED) is 0.162. The first-order chi connectivity index (χ1) is 24.3. The SMILES string of the molecule is Cc1c(-c2ccc(-c3ccc4c(c3)N(C(=O)Nc3nc5ccccc5s3)CCC4)nc2C(=O)O)cnn1CC12CC3(C)CC(C)(CC(O)(C3)C1)C2. The number of aryl methyl sites for hydroxylation is 1. The molecule has 2 aromatic carbocycles. The number of carbonyl (C=O) groups is 2. The average Bonchev–Trinajstić information content (AvgIpc) is 3.63. The molecule has 10 nitrogen and oxygen atoms in total. The Labute approximate surface area is 300 Å². The van der Waals surface area contributed by atoms with E-state index in [-0.39, 0.29) is 28.0 Å². The maximum Gasteiger partial charge on any atom is 0.355 e. The predicted octanol–water partition coefficient (Wildman–Crippen LogP) is 8.32. The highest BCUT2D eigenvalue weighted by atomic mass is 32.1. The maximum absolute atomic E-state index is 13.6. The van der Waals surface area contributed by atoms with Gasteiger partial charge in [0.1, 0.15) is 0 Å². The molecule has 0 saturated heterocycles. The number of carboxylic acid groups (broad SMARTS) is 1. The van der Waals surface area contributed by atoms with Crippen molar-refractivity contribution in [1.29, 1.82) is 0 Å². The molecule has 11 heteroatoms. The lowest BCUT2D eigenvalue weighted by Gasteiger charge is -2.68. The van der Waals surface area contributed by atoms with Crippen LogP contribution in [-0.2, 0) is 13.0 Å². The summed E-state index contributed by atoms with van der Waals surface area (Å²) in [6, 6.07) is 17.1. The predicted molar refractivity (Wildman–Crippen MR) is 198 cm³/mol. The van der Waals surface area contributed by atoms with Gasteiger partial charge in [-0.2, -0.15) is 5.10 Å². The smallest absolute Gasteiger partial charge is 0.355 e. The Morgan fingerprint density at radius 3 is 2.47 bits per heavy atom. The lowest BCUT2D eigenvalue weighted by Crippen LogP contribution is -2.63. The largest absolute Gasteiger partial charge is 0.476 e. The van der Waals surface area contributed by atoms with E-state index in [2.05, 4.69) is 24.1 Å². The molecule has 0 spiro atoms. The summed E-state index contributed by atoms with van der Waals surface area (Å²) in [5, 5.41) is 30.4. The molecule has 4 heterocycles. The van der Waals surface area contributed by atoms with Gasteiger partial charge in [-0.25, -0.2) is 19.6 Å². The summed E-state index contributed by atoms with van der Waals surface area (Å²) < 4.78 is 3.03. The fraction of sp³-hybridized carbons (Fsp3) is 0.425. The second kappa shape index (κ2) is 11.2. The lowest BCUT2D eigenvalue weighted by atomic mass is 9.39. The molecule has 5 aromatic rings. The van der Waals surface area contributed by atoms with Crippen LogP contribution in [0, 0.1) is 23.2 Å².